The van der Waals surface area contributed by atoms with E-state index in [0.717, 1.165) is 23.7 Å². The van der Waals surface area contributed by atoms with Crippen molar-refractivity contribution in [2.24, 2.45) is 23.7 Å². The first-order chi connectivity index (χ1) is 7.72. The molecule has 17 heavy (non-hydrogen) atoms. The van der Waals surface area contributed by atoms with Crippen LogP contribution < -0.4 is 0 Å². The van der Waals surface area contributed by atoms with Gasteiger partial charge in [-0.2, -0.15) is 0 Å². The van der Waals surface area contributed by atoms with Crippen molar-refractivity contribution in [2.45, 2.75) is 88.5 Å². The van der Waals surface area contributed by atoms with Crippen molar-refractivity contribution in [1.82, 2.24) is 0 Å². The van der Waals surface area contributed by atoms with E-state index < -0.39 is 0 Å². The summed E-state index contributed by atoms with van der Waals surface area (Å²) in [6.45, 7) is 22.3. The molecular weight excluding hydrogens is 204 g/mol. The summed E-state index contributed by atoms with van der Waals surface area (Å²) in [7, 11) is 0. The van der Waals surface area contributed by atoms with Crippen molar-refractivity contribution in [3.05, 3.63) is 0 Å². The Morgan fingerprint density at radius 2 is 0.765 bits per heavy atom. The molecule has 0 nitrogen and oxygen atoms in total. The second-order valence-electron chi connectivity index (χ2n) is 6.21. The summed E-state index contributed by atoms with van der Waals surface area (Å²) in [6, 6.07) is 0. The Bertz CT molecular complexity index is 101. The third-order valence-corrected chi connectivity index (χ3v) is 3.54. The van der Waals surface area contributed by atoms with E-state index in [9.17, 15) is 0 Å². The summed E-state index contributed by atoms with van der Waals surface area (Å²) in [6.07, 6.45) is 3.97. The van der Waals surface area contributed by atoms with Crippen LogP contribution in [0.4, 0.5) is 0 Å². The standard InChI is InChI=1S/2C6H14.C5H12/c1-5(2)6(3)4;1-4-6(3)5-2;1-4-5(2)3/h5-6H,1-4H3;6H,4-5H2,1-3H3;5H,4H2,1-3H3. The van der Waals surface area contributed by atoms with Crippen molar-refractivity contribution in [3.63, 3.8) is 0 Å². The van der Waals surface area contributed by atoms with Gasteiger partial charge in [0.2, 0.25) is 0 Å². The van der Waals surface area contributed by atoms with Gasteiger partial charge in [-0.1, -0.05) is 88.5 Å². The summed E-state index contributed by atoms with van der Waals surface area (Å²) in [5.41, 5.74) is 0. The molecule has 0 heteroatoms. The van der Waals surface area contributed by atoms with Gasteiger partial charge in [0.1, 0.15) is 0 Å². The molecule has 0 radical (unpaired) electrons. The number of hydrogen-bond acceptors (Lipinski definition) is 0. The summed E-state index contributed by atoms with van der Waals surface area (Å²) in [5.74, 6) is 3.52. The molecule has 0 spiro atoms. The van der Waals surface area contributed by atoms with Crippen LogP contribution in [0.1, 0.15) is 88.5 Å². The fourth-order valence-corrected chi connectivity index (χ4v) is 0.289. The van der Waals surface area contributed by atoms with Gasteiger partial charge in [-0.25, -0.2) is 0 Å². The van der Waals surface area contributed by atoms with Crippen LogP contribution in [0.2, 0.25) is 0 Å². The first-order valence-electron chi connectivity index (χ1n) is 7.72. The summed E-state index contributed by atoms with van der Waals surface area (Å²) in [4.78, 5) is 0. The molecule has 0 bridgehead atoms. The fraction of sp³-hybridized carbons (Fsp3) is 1.00. The lowest BCUT2D eigenvalue weighted by Gasteiger charge is -2.05. The second kappa shape index (κ2) is 16.0. The highest BCUT2D eigenvalue weighted by molar-refractivity contribution is 4.46. The molecule has 0 aliphatic rings. The van der Waals surface area contributed by atoms with Gasteiger partial charge >= 0.3 is 0 Å². The van der Waals surface area contributed by atoms with Crippen molar-refractivity contribution in [3.8, 4) is 0 Å². The zero-order valence-electron chi connectivity index (χ0n) is 14.4. The Kier molecular flexibility index (Phi) is 20.9. The molecule has 0 aromatic heterocycles. The van der Waals surface area contributed by atoms with Crippen LogP contribution in [0.15, 0.2) is 0 Å². The average Bonchev–Trinajstić information content (AvgIpc) is 2.29. The molecule has 0 heterocycles. The minimum absolute atomic E-state index is 0.852. The molecule has 0 unspecified atom stereocenters. The average molecular weight is 245 g/mol. The highest BCUT2D eigenvalue weighted by atomic mass is 14.0. The van der Waals surface area contributed by atoms with Gasteiger partial charge in [-0.05, 0) is 23.7 Å². The predicted octanol–water partition coefficient (Wildman–Crippen LogP) is 6.79. The van der Waals surface area contributed by atoms with Gasteiger partial charge in [-0.3, -0.25) is 0 Å². The first-order valence-corrected chi connectivity index (χ1v) is 7.72. The number of hydrogen-bond donors (Lipinski definition) is 0. The Hall–Kier alpha value is 0. The largest absolute Gasteiger partial charge is 0.0651 e. The van der Waals surface area contributed by atoms with E-state index in [0.29, 0.717) is 0 Å². The minimum Gasteiger partial charge on any atom is -0.0651 e. The van der Waals surface area contributed by atoms with Crippen LogP contribution in [-0.4, -0.2) is 0 Å². The van der Waals surface area contributed by atoms with E-state index in [4.69, 9.17) is 0 Å². The maximum absolute atomic E-state index is 2.28. The van der Waals surface area contributed by atoms with Gasteiger partial charge in [0.05, 0.1) is 0 Å². The highest BCUT2D eigenvalue weighted by Crippen LogP contribution is 2.05. The molecule has 0 aliphatic carbocycles. The Morgan fingerprint density at radius 3 is 0.765 bits per heavy atom. The molecule has 0 atom stereocenters. The highest BCUT2D eigenvalue weighted by Gasteiger charge is 1.95. The van der Waals surface area contributed by atoms with Crippen molar-refractivity contribution in [2.75, 3.05) is 0 Å². The molecule has 0 saturated carbocycles. The zero-order chi connectivity index (χ0) is 14.4. The van der Waals surface area contributed by atoms with Gasteiger partial charge < -0.3 is 0 Å². The van der Waals surface area contributed by atoms with Crippen molar-refractivity contribution in [1.29, 1.82) is 0 Å². The van der Waals surface area contributed by atoms with Crippen molar-refractivity contribution < 1.29 is 0 Å². The molecule has 0 N–H and O–H groups in total. The Labute approximate surface area is 113 Å². The van der Waals surface area contributed by atoms with Gasteiger partial charge in [-0.15, -0.1) is 0 Å². The summed E-state index contributed by atoms with van der Waals surface area (Å²) in [5, 5.41) is 0. The second-order valence-corrected chi connectivity index (χ2v) is 6.21. The quantitative estimate of drug-likeness (QED) is 0.510. The van der Waals surface area contributed by atoms with Gasteiger partial charge in [0.25, 0.3) is 0 Å². The molecule has 0 aromatic rings. The van der Waals surface area contributed by atoms with E-state index in [1.54, 1.807) is 0 Å². The van der Waals surface area contributed by atoms with Gasteiger partial charge in [0, 0.05) is 0 Å². The first kappa shape index (κ1) is 22.2. The van der Waals surface area contributed by atoms with Crippen LogP contribution in [0.3, 0.4) is 0 Å². The lowest BCUT2D eigenvalue weighted by Crippen LogP contribution is -1.95. The normalized spacial score (nSPS) is 10.2. The van der Waals surface area contributed by atoms with Crippen LogP contribution in [-0.2, 0) is 0 Å². The molecule has 108 valence electrons. The van der Waals surface area contributed by atoms with Crippen molar-refractivity contribution >= 4 is 0 Å². The molecular formula is C17H40. The Balaban J connectivity index is -0.000000174. The summed E-state index contributed by atoms with van der Waals surface area (Å²) < 4.78 is 0. The SMILES string of the molecule is CC(C)C(C)C.CCC(C)C.CCC(C)CC. The van der Waals surface area contributed by atoms with Crippen LogP contribution >= 0.6 is 0 Å². The maximum Gasteiger partial charge on any atom is -0.0448 e. The lowest BCUT2D eigenvalue weighted by molar-refractivity contribution is 0.457. The fourth-order valence-electron chi connectivity index (χ4n) is 0.289. The maximum atomic E-state index is 2.28. The third kappa shape index (κ3) is 31.4. The molecule has 0 aliphatic heterocycles. The van der Waals surface area contributed by atoms with Crippen LogP contribution in [0.5, 0.6) is 0 Å². The van der Waals surface area contributed by atoms with E-state index in [1.165, 1.54) is 19.3 Å². The van der Waals surface area contributed by atoms with E-state index in [1.807, 2.05) is 0 Å². The molecule has 0 aromatic carbocycles. The van der Waals surface area contributed by atoms with Crippen LogP contribution in [0.25, 0.3) is 0 Å². The molecule has 0 amide bonds. The smallest absolute Gasteiger partial charge is 0.0448 e. The summed E-state index contributed by atoms with van der Waals surface area (Å²) >= 11 is 0. The minimum atomic E-state index is 0.852. The zero-order valence-corrected chi connectivity index (χ0v) is 14.4. The van der Waals surface area contributed by atoms with E-state index >= 15 is 0 Å². The topological polar surface area (TPSA) is 0 Å². The monoisotopic (exact) mass is 244 g/mol. The lowest BCUT2D eigenvalue weighted by atomic mass is 10.0. The Morgan fingerprint density at radius 1 is 0.529 bits per heavy atom. The van der Waals surface area contributed by atoms with Gasteiger partial charge in [0.15, 0.2) is 0 Å². The molecule has 0 fully saturated rings. The van der Waals surface area contributed by atoms with Crippen LogP contribution in [0, 0.1) is 23.7 Å². The van der Waals surface area contributed by atoms with E-state index in [2.05, 4.69) is 69.2 Å². The predicted molar refractivity (Wildman–Crippen MR) is 84.6 cm³/mol. The molecule has 0 rings (SSSR count). The molecule has 0 saturated heterocycles. The number of rotatable bonds is 4. The van der Waals surface area contributed by atoms with E-state index in [-0.39, 0.29) is 0 Å². The third-order valence-electron chi connectivity index (χ3n) is 3.54.